The van der Waals surface area contributed by atoms with E-state index in [1.54, 1.807) is 15.7 Å². The summed E-state index contributed by atoms with van der Waals surface area (Å²) in [4.78, 5) is 30.5. The van der Waals surface area contributed by atoms with E-state index in [-0.39, 0.29) is 30.0 Å². The van der Waals surface area contributed by atoms with Gasteiger partial charge in [-0.25, -0.2) is 9.37 Å². The van der Waals surface area contributed by atoms with Crippen LogP contribution in [-0.2, 0) is 11.0 Å². The number of imidazole rings is 1. The monoisotopic (exact) mass is 490 g/mol. The van der Waals surface area contributed by atoms with Crippen LogP contribution in [0.3, 0.4) is 0 Å². The number of carbonyl (C=O) groups is 2. The van der Waals surface area contributed by atoms with Crippen molar-refractivity contribution in [2.24, 2.45) is 0 Å². The van der Waals surface area contributed by atoms with Crippen LogP contribution >= 0.6 is 0 Å². The van der Waals surface area contributed by atoms with E-state index in [4.69, 9.17) is 4.74 Å². The molecular formula is C24H22F4N4O3. The minimum absolute atomic E-state index is 0.00230. The number of hydrogen-bond donors (Lipinski definition) is 1. The Morgan fingerprint density at radius 2 is 1.80 bits per heavy atom. The molecule has 0 unspecified atom stereocenters. The average molecular weight is 490 g/mol. The highest BCUT2D eigenvalue weighted by Crippen LogP contribution is 2.33. The minimum Gasteiger partial charge on any atom is -0.490 e. The summed E-state index contributed by atoms with van der Waals surface area (Å²) in [6.07, 6.45) is -1.22. The van der Waals surface area contributed by atoms with Crippen LogP contribution in [0.4, 0.5) is 17.6 Å². The third-order valence-corrected chi connectivity index (χ3v) is 5.61. The van der Waals surface area contributed by atoms with Crippen LogP contribution in [0.15, 0.2) is 61.1 Å². The Balaban J connectivity index is 1.23. The van der Waals surface area contributed by atoms with Gasteiger partial charge in [0.15, 0.2) is 0 Å². The lowest BCUT2D eigenvalue weighted by Crippen LogP contribution is -2.46. The van der Waals surface area contributed by atoms with Gasteiger partial charge in [-0.1, -0.05) is 18.2 Å². The van der Waals surface area contributed by atoms with Crippen LogP contribution in [0.2, 0.25) is 0 Å². The smallest absolute Gasteiger partial charge is 0.419 e. The van der Waals surface area contributed by atoms with E-state index in [0.29, 0.717) is 32.0 Å². The lowest BCUT2D eigenvalue weighted by atomic mass is 10.1. The van der Waals surface area contributed by atoms with Crippen molar-refractivity contribution in [3.63, 3.8) is 0 Å². The lowest BCUT2D eigenvalue weighted by molar-refractivity contribution is -0.140. The van der Waals surface area contributed by atoms with Crippen LogP contribution in [0.1, 0.15) is 28.9 Å². The van der Waals surface area contributed by atoms with E-state index in [1.165, 1.54) is 6.33 Å². The van der Waals surface area contributed by atoms with Gasteiger partial charge >= 0.3 is 6.18 Å². The number of nitrogens with one attached hydrogen (secondary N) is 1. The molecule has 1 aromatic heterocycles. The molecule has 1 saturated heterocycles. The molecule has 11 heteroatoms. The Labute approximate surface area is 198 Å². The van der Waals surface area contributed by atoms with Gasteiger partial charge in [-0.2, -0.15) is 13.2 Å². The van der Waals surface area contributed by atoms with Crippen LogP contribution in [0, 0.1) is 5.82 Å². The number of amides is 2. The maximum atomic E-state index is 13.7. The molecule has 1 aliphatic heterocycles. The molecule has 2 aromatic carbocycles. The predicted octanol–water partition coefficient (Wildman–Crippen LogP) is 3.83. The predicted molar refractivity (Wildman–Crippen MR) is 118 cm³/mol. The maximum absolute atomic E-state index is 13.7. The zero-order valence-corrected chi connectivity index (χ0v) is 18.5. The minimum atomic E-state index is -4.77. The number of alkyl halides is 3. The molecule has 35 heavy (non-hydrogen) atoms. The van der Waals surface area contributed by atoms with Crippen molar-refractivity contribution in [1.82, 2.24) is 19.8 Å². The summed E-state index contributed by atoms with van der Waals surface area (Å²) in [6, 6.07) is 11.8. The van der Waals surface area contributed by atoms with Gasteiger partial charge in [0.25, 0.3) is 5.91 Å². The first-order chi connectivity index (χ1) is 16.7. The van der Waals surface area contributed by atoms with Crippen molar-refractivity contribution in [1.29, 1.82) is 0 Å². The number of likely N-dealkylation sites (tertiary alicyclic amines) is 1. The number of hydrogen-bond acceptors (Lipinski definition) is 4. The van der Waals surface area contributed by atoms with Gasteiger partial charge < -0.3 is 19.5 Å². The zero-order valence-electron chi connectivity index (χ0n) is 18.5. The number of aromatic nitrogens is 2. The topological polar surface area (TPSA) is 76.5 Å². The van der Waals surface area contributed by atoms with Crippen LogP contribution in [0.5, 0.6) is 5.75 Å². The van der Waals surface area contributed by atoms with Gasteiger partial charge in [0.1, 0.15) is 29.7 Å². The molecule has 4 rings (SSSR count). The van der Waals surface area contributed by atoms with E-state index >= 15 is 0 Å². The molecule has 0 bridgehead atoms. The van der Waals surface area contributed by atoms with Crippen molar-refractivity contribution in [2.45, 2.75) is 25.1 Å². The van der Waals surface area contributed by atoms with Crippen LogP contribution in [0.25, 0.3) is 5.69 Å². The summed E-state index contributed by atoms with van der Waals surface area (Å²) in [5.41, 5.74) is -0.323. The summed E-state index contributed by atoms with van der Waals surface area (Å²) in [7, 11) is 0. The fraction of sp³-hybridized carbons (Fsp3) is 0.292. The first-order valence-electron chi connectivity index (χ1n) is 10.9. The SMILES string of the molecule is O=C(NCC(=O)N1CCC(Oc2ccc(C(F)(F)F)c(F)c2)CC1)c1cn(-c2ccccc2)cn1. The van der Waals surface area contributed by atoms with Crippen molar-refractivity contribution >= 4 is 11.8 Å². The highest BCUT2D eigenvalue weighted by atomic mass is 19.4. The maximum Gasteiger partial charge on any atom is 0.419 e. The molecule has 0 aliphatic carbocycles. The second-order valence-corrected chi connectivity index (χ2v) is 8.02. The number of rotatable bonds is 6. The molecule has 3 aromatic rings. The normalized spacial score (nSPS) is 14.6. The van der Waals surface area contributed by atoms with Gasteiger partial charge in [-0.3, -0.25) is 9.59 Å². The second-order valence-electron chi connectivity index (χ2n) is 8.02. The molecule has 1 N–H and O–H groups in total. The van der Waals surface area contributed by atoms with E-state index in [2.05, 4.69) is 10.3 Å². The third-order valence-electron chi connectivity index (χ3n) is 5.61. The fourth-order valence-corrected chi connectivity index (χ4v) is 3.75. The number of halogens is 4. The highest BCUT2D eigenvalue weighted by molar-refractivity contribution is 5.94. The summed E-state index contributed by atoms with van der Waals surface area (Å²) in [5.74, 6) is -2.15. The first kappa shape index (κ1) is 24.2. The molecular weight excluding hydrogens is 468 g/mol. The number of benzene rings is 2. The summed E-state index contributed by atoms with van der Waals surface area (Å²) in [5, 5.41) is 2.56. The Bertz CT molecular complexity index is 1190. The summed E-state index contributed by atoms with van der Waals surface area (Å²) in [6.45, 7) is 0.475. The van der Waals surface area contributed by atoms with E-state index in [0.717, 1.165) is 17.8 Å². The molecule has 7 nitrogen and oxygen atoms in total. The van der Waals surface area contributed by atoms with E-state index in [1.807, 2.05) is 30.3 Å². The van der Waals surface area contributed by atoms with Gasteiger partial charge in [-0.05, 0) is 24.3 Å². The Kier molecular flexibility index (Phi) is 7.04. The number of carbonyl (C=O) groups excluding carboxylic acids is 2. The zero-order chi connectivity index (χ0) is 25.0. The number of nitrogens with zero attached hydrogens (tertiary/aromatic N) is 3. The van der Waals surface area contributed by atoms with Crippen LogP contribution < -0.4 is 10.1 Å². The molecule has 1 fully saturated rings. The van der Waals surface area contributed by atoms with E-state index < -0.39 is 23.5 Å². The van der Waals surface area contributed by atoms with E-state index in [9.17, 15) is 27.2 Å². The molecule has 184 valence electrons. The molecule has 0 radical (unpaired) electrons. The molecule has 2 heterocycles. The largest absolute Gasteiger partial charge is 0.490 e. The fourth-order valence-electron chi connectivity index (χ4n) is 3.75. The molecule has 2 amide bonds. The third kappa shape index (κ3) is 5.97. The number of para-hydroxylation sites is 1. The standard InChI is InChI=1S/C24H22F4N4O3/c25-20-12-18(6-7-19(20)24(26,27)28)35-17-8-10-31(11-9-17)22(33)13-29-23(34)21-14-32(15-30-21)16-4-2-1-3-5-16/h1-7,12,14-15,17H,8-11,13H2,(H,29,34). The van der Waals surface area contributed by atoms with Crippen molar-refractivity contribution in [3.8, 4) is 11.4 Å². The summed E-state index contributed by atoms with van der Waals surface area (Å²) >= 11 is 0. The molecule has 0 atom stereocenters. The molecule has 0 spiro atoms. The van der Waals surface area contributed by atoms with Crippen molar-refractivity contribution in [3.05, 3.63) is 78.1 Å². The molecule has 0 saturated carbocycles. The highest BCUT2D eigenvalue weighted by Gasteiger charge is 2.34. The summed E-state index contributed by atoms with van der Waals surface area (Å²) < 4.78 is 59.1. The first-order valence-corrected chi connectivity index (χ1v) is 10.9. The van der Waals surface area contributed by atoms with Crippen molar-refractivity contribution in [2.75, 3.05) is 19.6 Å². The van der Waals surface area contributed by atoms with Gasteiger partial charge in [-0.15, -0.1) is 0 Å². The Morgan fingerprint density at radius 3 is 2.46 bits per heavy atom. The van der Waals surface area contributed by atoms with Gasteiger partial charge in [0.05, 0.1) is 12.1 Å². The second kappa shape index (κ2) is 10.2. The Morgan fingerprint density at radius 1 is 1.09 bits per heavy atom. The quantitative estimate of drug-likeness (QED) is 0.533. The average Bonchev–Trinajstić information content (AvgIpc) is 3.33. The number of piperidine rings is 1. The lowest BCUT2D eigenvalue weighted by Gasteiger charge is -2.32. The van der Waals surface area contributed by atoms with Crippen LogP contribution in [-0.4, -0.2) is 52.0 Å². The molecule has 1 aliphatic rings. The Hall–Kier alpha value is -3.89. The van der Waals surface area contributed by atoms with Gasteiger partial charge in [0.2, 0.25) is 5.91 Å². The van der Waals surface area contributed by atoms with Crippen molar-refractivity contribution < 1.29 is 31.9 Å². The van der Waals surface area contributed by atoms with Gasteiger partial charge in [0, 0.05) is 43.9 Å². The number of ether oxygens (including phenoxy) is 1.